The van der Waals surface area contributed by atoms with Gasteiger partial charge in [0.25, 0.3) is 0 Å². The lowest BCUT2D eigenvalue weighted by molar-refractivity contribution is 0.477. The normalized spacial score (nSPS) is 11.6. The molecule has 0 saturated heterocycles. The van der Waals surface area contributed by atoms with E-state index in [2.05, 4.69) is 33.2 Å². The molecule has 0 saturated carbocycles. The molecule has 0 spiro atoms. The lowest BCUT2D eigenvalue weighted by Gasteiger charge is -2.06. The third-order valence-corrected chi connectivity index (χ3v) is 3.82. The highest BCUT2D eigenvalue weighted by Gasteiger charge is 2.13. The summed E-state index contributed by atoms with van der Waals surface area (Å²) in [5.41, 5.74) is 3.11. The Balaban J connectivity index is 2.17. The van der Waals surface area contributed by atoms with E-state index in [1.807, 2.05) is 37.4 Å². The number of halogens is 1. The van der Waals surface area contributed by atoms with Crippen LogP contribution in [-0.2, 0) is 6.54 Å². The van der Waals surface area contributed by atoms with E-state index in [-0.39, 0.29) is 5.92 Å². The van der Waals surface area contributed by atoms with Crippen molar-refractivity contribution in [3.8, 4) is 23.4 Å². The highest BCUT2D eigenvalue weighted by molar-refractivity contribution is 9.10. The van der Waals surface area contributed by atoms with Crippen LogP contribution in [0.1, 0.15) is 18.4 Å². The first-order chi connectivity index (χ1) is 10.1. The van der Waals surface area contributed by atoms with E-state index in [9.17, 15) is 0 Å². The van der Waals surface area contributed by atoms with Gasteiger partial charge in [-0.3, -0.25) is 4.68 Å². The second kappa shape index (κ2) is 7.06. The van der Waals surface area contributed by atoms with E-state index < -0.39 is 0 Å². The summed E-state index contributed by atoms with van der Waals surface area (Å²) in [6.45, 7) is 2.55. The molecule has 0 bridgehead atoms. The molecule has 5 heteroatoms. The van der Waals surface area contributed by atoms with Crippen LogP contribution < -0.4 is 0 Å². The van der Waals surface area contributed by atoms with Crippen molar-refractivity contribution in [1.82, 2.24) is 9.78 Å². The first kappa shape index (κ1) is 15.3. The summed E-state index contributed by atoms with van der Waals surface area (Å²) in [6.07, 6.45) is 2.85. The molecule has 0 radical (unpaired) electrons. The topological polar surface area (TPSA) is 65.4 Å². The molecule has 2 aromatic rings. The zero-order chi connectivity index (χ0) is 15.2. The lowest BCUT2D eigenvalue weighted by atomic mass is 10.1. The molecule has 0 N–H and O–H groups in total. The minimum atomic E-state index is -0.192. The molecule has 0 aliphatic rings. The van der Waals surface area contributed by atoms with Gasteiger partial charge in [-0.2, -0.15) is 15.6 Å². The van der Waals surface area contributed by atoms with Crippen LogP contribution in [0.3, 0.4) is 0 Å². The van der Waals surface area contributed by atoms with Gasteiger partial charge in [0.2, 0.25) is 0 Å². The largest absolute Gasteiger partial charge is 0.270 e. The molecule has 21 heavy (non-hydrogen) atoms. The van der Waals surface area contributed by atoms with E-state index in [0.29, 0.717) is 19.4 Å². The molecule has 0 unspecified atom stereocenters. The molecule has 106 valence electrons. The van der Waals surface area contributed by atoms with Crippen molar-refractivity contribution in [2.24, 2.45) is 5.92 Å². The van der Waals surface area contributed by atoms with Gasteiger partial charge in [0.1, 0.15) is 5.69 Å². The first-order valence-corrected chi connectivity index (χ1v) is 7.50. The highest BCUT2D eigenvalue weighted by Crippen LogP contribution is 2.27. The van der Waals surface area contributed by atoms with Gasteiger partial charge in [-0.15, -0.1) is 0 Å². The fourth-order valence-electron chi connectivity index (χ4n) is 2.06. The van der Waals surface area contributed by atoms with Gasteiger partial charge in [0, 0.05) is 18.2 Å². The van der Waals surface area contributed by atoms with E-state index in [1.165, 1.54) is 5.56 Å². The smallest absolute Gasteiger partial charge is 0.106 e. The maximum atomic E-state index is 9.13. The molecule has 4 nitrogen and oxygen atoms in total. The fraction of sp³-hybridized carbons (Fsp3) is 0.312. The second-order valence-electron chi connectivity index (χ2n) is 4.94. The maximum absolute atomic E-state index is 9.13. The Kier molecular flexibility index (Phi) is 5.14. The number of hydrogen-bond acceptors (Lipinski definition) is 3. The fourth-order valence-corrected chi connectivity index (χ4v) is 2.60. The van der Waals surface area contributed by atoms with Crippen LogP contribution in [0, 0.1) is 35.5 Å². The SMILES string of the molecule is Cc1ccc(-c2nn(C[C@H](C#N)CCC#N)cc2Br)cc1. The third kappa shape index (κ3) is 3.93. The summed E-state index contributed by atoms with van der Waals surface area (Å²) >= 11 is 3.52. The van der Waals surface area contributed by atoms with Gasteiger partial charge in [-0.25, -0.2) is 0 Å². The minimum Gasteiger partial charge on any atom is -0.270 e. The van der Waals surface area contributed by atoms with Crippen LogP contribution in [0.2, 0.25) is 0 Å². The number of hydrogen-bond donors (Lipinski definition) is 0. The Morgan fingerprint density at radius 2 is 2.00 bits per heavy atom. The Bertz CT molecular complexity index is 689. The van der Waals surface area contributed by atoms with Gasteiger partial charge in [-0.1, -0.05) is 29.8 Å². The Morgan fingerprint density at radius 1 is 1.29 bits per heavy atom. The Hall–Kier alpha value is -2.11. The molecule has 2 rings (SSSR count). The van der Waals surface area contributed by atoms with Gasteiger partial charge >= 0.3 is 0 Å². The van der Waals surface area contributed by atoms with E-state index in [0.717, 1.165) is 15.7 Å². The van der Waals surface area contributed by atoms with Crippen molar-refractivity contribution in [2.75, 3.05) is 0 Å². The number of aromatic nitrogens is 2. The monoisotopic (exact) mass is 342 g/mol. The molecule has 1 heterocycles. The zero-order valence-corrected chi connectivity index (χ0v) is 13.3. The Morgan fingerprint density at radius 3 is 2.62 bits per heavy atom. The second-order valence-corrected chi connectivity index (χ2v) is 5.79. The molecule has 1 atom stereocenters. The van der Waals surface area contributed by atoms with Crippen LogP contribution in [0.4, 0.5) is 0 Å². The van der Waals surface area contributed by atoms with Crippen molar-refractivity contribution < 1.29 is 0 Å². The quantitative estimate of drug-likeness (QED) is 0.822. The average Bonchev–Trinajstić information content (AvgIpc) is 2.85. The first-order valence-electron chi connectivity index (χ1n) is 6.70. The highest BCUT2D eigenvalue weighted by atomic mass is 79.9. The molecule has 1 aromatic heterocycles. The van der Waals surface area contributed by atoms with E-state index >= 15 is 0 Å². The van der Waals surface area contributed by atoms with Crippen LogP contribution in [-0.4, -0.2) is 9.78 Å². The van der Waals surface area contributed by atoms with E-state index in [1.54, 1.807) is 4.68 Å². The number of nitrogens with zero attached hydrogens (tertiary/aromatic N) is 4. The summed E-state index contributed by atoms with van der Waals surface area (Å²) in [5.74, 6) is -0.192. The van der Waals surface area contributed by atoms with Crippen LogP contribution >= 0.6 is 15.9 Å². The predicted molar refractivity (Wildman–Crippen MR) is 84.1 cm³/mol. The van der Waals surface area contributed by atoms with Gasteiger partial charge in [-0.05, 0) is 29.3 Å². The number of benzene rings is 1. The lowest BCUT2D eigenvalue weighted by Crippen LogP contribution is -2.09. The van der Waals surface area contributed by atoms with E-state index in [4.69, 9.17) is 10.5 Å². The average molecular weight is 343 g/mol. The molecule has 0 fully saturated rings. The molecule has 0 aliphatic heterocycles. The zero-order valence-electron chi connectivity index (χ0n) is 11.8. The Labute approximate surface area is 132 Å². The summed E-state index contributed by atoms with van der Waals surface area (Å²) in [5, 5.41) is 22.3. The standard InChI is InChI=1S/C16H15BrN4/c1-12-4-6-14(7-5-12)16-15(17)11-21(20-16)10-13(9-19)3-2-8-18/h4-7,11,13H,2-3,10H2,1H3/t13-/m0/s1. The molecule has 1 aromatic carbocycles. The number of nitriles is 2. The van der Waals surface area contributed by atoms with Gasteiger partial charge in [0.15, 0.2) is 0 Å². The number of rotatable bonds is 5. The summed E-state index contributed by atoms with van der Waals surface area (Å²) in [7, 11) is 0. The minimum absolute atomic E-state index is 0.192. The third-order valence-electron chi connectivity index (χ3n) is 3.24. The van der Waals surface area contributed by atoms with Crippen molar-refractivity contribution in [1.29, 1.82) is 10.5 Å². The maximum Gasteiger partial charge on any atom is 0.106 e. The predicted octanol–water partition coefficient (Wildman–Crippen LogP) is 4.06. The molecular weight excluding hydrogens is 328 g/mol. The van der Waals surface area contributed by atoms with Crippen molar-refractivity contribution in [3.63, 3.8) is 0 Å². The van der Waals surface area contributed by atoms with Crippen LogP contribution in [0.5, 0.6) is 0 Å². The van der Waals surface area contributed by atoms with Crippen LogP contribution in [0.15, 0.2) is 34.9 Å². The van der Waals surface area contributed by atoms with Crippen molar-refractivity contribution in [3.05, 3.63) is 40.5 Å². The summed E-state index contributed by atoms with van der Waals surface area (Å²) in [6, 6.07) is 12.5. The van der Waals surface area contributed by atoms with Crippen molar-refractivity contribution >= 4 is 15.9 Å². The summed E-state index contributed by atoms with van der Waals surface area (Å²) in [4.78, 5) is 0. The van der Waals surface area contributed by atoms with Gasteiger partial charge < -0.3 is 0 Å². The molecule has 0 amide bonds. The number of aryl methyl sites for hydroxylation is 1. The summed E-state index contributed by atoms with van der Waals surface area (Å²) < 4.78 is 2.67. The van der Waals surface area contributed by atoms with Gasteiger partial charge in [0.05, 0.1) is 29.1 Å². The van der Waals surface area contributed by atoms with Crippen LogP contribution in [0.25, 0.3) is 11.3 Å². The molecule has 0 aliphatic carbocycles. The van der Waals surface area contributed by atoms with Crippen molar-refractivity contribution in [2.45, 2.75) is 26.3 Å². The molecular formula is C16H15BrN4.